The third-order valence-corrected chi connectivity index (χ3v) is 7.01. The lowest BCUT2D eigenvalue weighted by Gasteiger charge is -2.33. The van der Waals surface area contributed by atoms with Gasteiger partial charge < -0.3 is 19.3 Å². The molecule has 0 saturated heterocycles. The Labute approximate surface area is 241 Å². The van der Waals surface area contributed by atoms with E-state index in [1.54, 1.807) is 0 Å². The number of anilines is 1. The monoisotopic (exact) mass is 539 g/mol. The zero-order chi connectivity index (χ0) is 28.2. The van der Waals surface area contributed by atoms with Crippen molar-refractivity contribution in [3.05, 3.63) is 134 Å². The summed E-state index contributed by atoms with van der Waals surface area (Å²) in [5.74, 6) is 3.16. The van der Waals surface area contributed by atoms with Gasteiger partial charge in [-0.25, -0.2) is 0 Å². The topological polar surface area (TPSA) is 37.8 Å². The van der Waals surface area contributed by atoms with Gasteiger partial charge >= 0.3 is 0 Å². The number of ether oxygens (including phenoxy) is 2. The average Bonchev–Trinajstić information content (AvgIpc) is 3.50. The molecule has 4 aromatic carbocycles. The minimum atomic E-state index is 0.0733. The van der Waals surface area contributed by atoms with Gasteiger partial charge in [-0.05, 0) is 92.6 Å². The zero-order valence-corrected chi connectivity index (χ0v) is 23.6. The summed E-state index contributed by atoms with van der Waals surface area (Å²) >= 11 is 0. The quantitative estimate of drug-likeness (QED) is 0.206. The molecule has 0 aliphatic carbocycles. The number of hydrogen-bond acceptors (Lipinski definition) is 5. The second-order valence-corrected chi connectivity index (χ2v) is 11.0. The Bertz CT molecular complexity index is 1670. The van der Waals surface area contributed by atoms with E-state index in [4.69, 9.17) is 9.47 Å². The van der Waals surface area contributed by atoms with E-state index >= 15 is 0 Å². The summed E-state index contributed by atoms with van der Waals surface area (Å²) < 4.78 is 12.4. The second kappa shape index (κ2) is 11.2. The highest BCUT2D eigenvalue weighted by Crippen LogP contribution is 2.33. The van der Waals surface area contributed by atoms with Crippen LogP contribution in [0.1, 0.15) is 20.8 Å². The van der Waals surface area contributed by atoms with Crippen molar-refractivity contribution in [2.45, 2.75) is 26.3 Å². The molecule has 1 aliphatic heterocycles. The van der Waals surface area contributed by atoms with Crippen LogP contribution in [0.15, 0.2) is 134 Å². The fourth-order valence-electron chi connectivity index (χ4n) is 4.74. The fourth-order valence-corrected chi connectivity index (χ4v) is 4.74. The van der Waals surface area contributed by atoms with Gasteiger partial charge in [0.05, 0.1) is 12.4 Å². The normalized spacial score (nSPS) is 13.0. The van der Waals surface area contributed by atoms with Crippen LogP contribution in [0.25, 0.3) is 22.4 Å². The minimum absolute atomic E-state index is 0.0733. The molecule has 0 radical (unpaired) electrons. The van der Waals surface area contributed by atoms with Crippen LogP contribution in [0.4, 0.5) is 5.69 Å². The number of nitrogens with zero attached hydrogens (tertiary/aromatic N) is 3. The van der Waals surface area contributed by atoms with Crippen LogP contribution in [-0.4, -0.2) is 22.1 Å². The molecule has 0 saturated carbocycles. The number of hydrogen-bond donors (Lipinski definition) is 0. The summed E-state index contributed by atoms with van der Waals surface area (Å²) in [4.78, 5) is 9.20. The van der Waals surface area contributed by atoms with E-state index in [0.29, 0.717) is 0 Å². The Morgan fingerprint density at radius 1 is 0.585 bits per heavy atom. The molecule has 1 aliphatic rings. The van der Waals surface area contributed by atoms with Gasteiger partial charge in [0.15, 0.2) is 0 Å². The number of para-hydroxylation sites is 1. The summed E-state index contributed by atoms with van der Waals surface area (Å²) in [6.07, 6.45) is 6.11. The van der Waals surface area contributed by atoms with Gasteiger partial charge in [0.1, 0.15) is 23.0 Å². The summed E-state index contributed by atoms with van der Waals surface area (Å²) in [6.45, 7) is 7.46. The standard InChI is InChI=1S/C36H33N3O2/c1-36(2,3)39-21-20-38(26-39)30-12-9-17-34(25-30)41-33-16-8-11-29(23-33)35-24-28(18-19-37-35)27-10-7-15-32(22-27)40-31-13-5-4-6-14-31/h4-25H,26H2,1-3H3. The molecule has 0 bridgehead atoms. The van der Waals surface area contributed by atoms with Crippen molar-refractivity contribution in [3.8, 4) is 45.4 Å². The van der Waals surface area contributed by atoms with E-state index in [0.717, 1.165) is 57.7 Å². The summed E-state index contributed by atoms with van der Waals surface area (Å²) in [5, 5.41) is 0. The summed E-state index contributed by atoms with van der Waals surface area (Å²) in [6, 6.07) is 38.3. The Hall–Kier alpha value is -5.03. The third-order valence-electron chi connectivity index (χ3n) is 7.01. The third kappa shape index (κ3) is 6.25. The van der Waals surface area contributed by atoms with Crippen LogP contribution in [0.5, 0.6) is 23.0 Å². The van der Waals surface area contributed by atoms with Crippen molar-refractivity contribution >= 4 is 5.69 Å². The number of rotatable bonds is 7. The smallest absolute Gasteiger partial charge is 0.129 e. The van der Waals surface area contributed by atoms with Gasteiger partial charge in [0.2, 0.25) is 0 Å². The van der Waals surface area contributed by atoms with E-state index in [9.17, 15) is 0 Å². The maximum absolute atomic E-state index is 6.31. The minimum Gasteiger partial charge on any atom is -0.457 e. The molecule has 0 spiro atoms. The predicted molar refractivity (Wildman–Crippen MR) is 166 cm³/mol. The van der Waals surface area contributed by atoms with E-state index in [1.807, 2.05) is 85.1 Å². The first-order valence-electron chi connectivity index (χ1n) is 13.8. The predicted octanol–water partition coefficient (Wildman–Crippen LogP) is 9.35. The molecular weight excluding hydrogens is 506 g/mol. The van der Waals surface area contributed by atoms with E-state index in [1.165, 1.54) is 0 Å². The highest BCUT2D eigenvalue weighted by atomic mass is 16.5. The molecule has 5 aromatic rings. The Balaban J connectivity index is 1.19. The van der Waals surface area contributed by atoms with Crippen LogP contribution < -0.4 is 14.4 Å². The van der Waals surface area contributed by atoms with Crippen molar-refractivity contribution in [3.63, 3.8) is 0 Å². The van der Waals surface area contributed by atoms with Crippen molar-refractivity contribution in [2.24, 2.45) is 0 Å². The number of pyridine rings is 1. The molecule has 41 heavy (non-hydrogen) atoms. The molecule has 1 aromatic heterocycles. The maximum Gasteiger partial charge on any atom is 0.129 e. The first-order chi connectivity index (χ1) is 19.9. The molecule has 204 valence electrons. The molecule has 0 N–H and O–H groups in total. The van der Waals surface area contributed by atoms with Gasteiger partial charge in [-0.1, -0.05) is 48.5 Å². The molecule has 0 fully saturated rings. The van der Waals surface area contributed by atoms with Crippen molar-refractivity contribution in [2.75, 3.05) is 11.6 Å². The second-order valence-electron chi connectivity index (χ2n) is 11.0. The molecule has 0 atom stereocenters. The van der Waals surface area contributed by atoms with Crippen LogP contribution in [0, 0.1) is 0 Å². The Kier molecular flexibility index (Phi) is 7.17. The largest absolute Gasteiger partial charge is 0.457 e. The lowest BCUT2D eigenvalue weighted by atomic mass is 10.0. The van der Waals surface area contributed by atoms with Gasteiger partial charge in [-0.3, -0.25) is 4.98 Å². The van der Waals surface area contributed by atoms with Crippen LogP contribution in [-0.2, 0) is 0 Å². The zero-order valence-electron chi connectivity index (χ0n) is 23.6. The van der Waals surface area contributed by atoms with Crippen molar-refractivity contribution < 1.29 is 9.47 Å². The number of benzene rings is 4. The number of aromatic nitrogens is 1. The Morgan fingerprint density at radius 2 is 1.20 bits per heavy atom. The summed E-state index contributed by atoms with van der Waals surface area (Å²) in [5.41, 5.74) is 5.16. The summed E-state index contributed by atoms with van der Waals surface area (Å²) in [7, 11) is 0. The highest BCUT2D eigenvalue weighted by molar-refractivity contribution is 5.72. The van der Waals surface area contributed by atoms with Crippen molar-refractivity contribution in [1.29, 1.82) is 0 Å². The SMILES string of the molecule is CC(C)(C)N1C=CN(c2cccc(Oc3cccc(-c4cc(-c5cccc(Oc6ccccc6)c5)ccn4)c3)c2)C1. The molecule has 6 rings (SSSR count). The van der Waals surface area contributed by atoms with Gasteiger partial charge in [0.25, 0.3) is 0 Å². The van der Waals surface area contributed by atoms with Gasteiger partial charge in [-0.2, -0.15) is 0 Å². The van der Waals surface area contributed by atoms with Gasteiger partial charge in [-0.15, -0.1) is 0 Å². The molecular formula is C36H33N3O2. The molecule has 2 heterocycles. The first kappa shape index (κ1) is 26.2. The lowest BCUT2D eigenvalue weighted by Crippen LogP contribution is -2.39. The average molecular weight is 540 g/mol. The van der Waals surface area contributed by atoms with Crippen LogP contribution >= 0.6 is 0 Å². The fraction of sp³-hybridized carbons (Fsp3) is 0.139. The first-order valence-corrected chi connectivity index (χ1v) is 13.8. The molecule has 5 heteroatoms. The molecule has 0 unspecified atom stereocenters. The highest BCUT2D eigenvalue weighted by Gasteiger charge is 2.24. The van der Waals surface area contributed by atoms with Crippen LogP contribution in [0.3, 0.4) is 0 Å². The van der Waals surface area contributed by atoms with E-state index in [-0.39, 0.29) is 5.54 Å². The van der Waals surface area contributed by atoms with Crippen LogP contribution in [0.2, 0.25) is 0 Å². The van der Waals surface area contributed by atoms with Crippen molar-refractivity contribution in [1.82, 2.24) is 9.88 Å². The maximum atomic E-state index is 6.31. The molecule has 0 amide bonds. The van der Waals surface area contributed by atoms with E-state index < -0.39 is 0 Å². The Morgan fingerprint density at radius 3 is 1.93 bits per heavy atom. The van der Waals surface area contributed by atoms with Gasteiger partial charge in [0, 0.05) is 41.5 Å². The molecule has 5 nitrogen and oxygen atoms in total. The lowest BCUT2D eigenvalue weighted by molar-refractivity contribution is 0.223. The van der Waals surface area contributed by atoms with E-state index in [2.05, 4.69) is 84.4 Å².